The number of benzene rings is 1. The molecule has 0 saturated heterocycles. The van der Waals surface area contributed by atoms with Crippen LogP contribution in [0.4, 0.5) is 0 Å². The maximum atomic E-state index is 10.2. The van der Waals surface area contributed by atoms with Gasteiger partial charge in [-0.3, -0.25) is 0 Å². The molecule has 1 nitrogen and oxygen atoms in total. The molecular weight excluding hydrogens is 328 g/mol. The number of hydrogen-bond donors (Lipinski definition) is 1. The molecule has 1 fully saturated rings. The first-order valence-corrected chi connectivity index (χ1v) is 11.7. The SMILES string of the molecule is CC(C)CCC[C@@H](C)[C@H]1CCc2c1ccc1c2CC[C@H]2C[C@@H](O)CC[C@]12C. The monoisotopic (exact) mass is 368 g/mol. The molecular formula is C26H40O. The van der Waals surface area contributed by atoms with E-state index in [0.717, 1.165) is 30.6 Å². The van der Waals surface area contributed by atoms with E-state index in [9.17, 15) is 5.11 Å². The highest BCUT2D eigenvalue weighted by Crippen LogP contribution is 2.53. The predicted molar refractivity (Wildman–Crippen MR) is 114 cm³/mol. The van der Waals surface area contributed by atoms with Crippen molar-refractivity contribution < 1.29 is 5.11 Å². The number of aliphatic hydroxyl groups excluding tert-OH is 1. The van der Waals surface area contributed by atoms with Crippen molar-refractivity contribution in [3.05, 3.63) is 34.4 Å². The fourth-order valence-corrected chi connectivity index (χ4v) is 6.76. The van der Waals surface area contributed by atoms with Crippen molar-refractivity contribution in [3.63, 3.8) is 0 Å². The molecule has 5 atom stereocenters. The van der Waals surface area contributed by atoms with Gasteiger partial charge in [-0.1, -0.05) is 59.1 Å². The van der Waals surface area contributed by atoms with Crippen molar-refractivity contribution in [3.8, 4) is 0 Å². The first kappa shape index (κ1) is 19.5. The molecule has 0 aromatic heterocycles. The Balaban J connectivity index is 1.56. The van der Waals surface area contributed by atoms with Crippen molar-refractivity contribution in [1.29, 1.82) is 0 Å². The summed E-state index contributed by atoms with van der Waals surface area (Å²) in [6, 6.07) is 5.03. The Labute approximate surface area is 167 Å². The Bertz CT molecular complexity index is 675. The van der Waals surface area contributed by atoms with Gasteiger partial charge in [-0.2, -0.15) is 0 Å². The van der Waals surface area contributed by atoms with Gasteiger partial charge in [0.15, 0.2) is 0 Å². The Kier molecular flexibility index (Phi) is 5.45. The minimum atomic E-state index is -0.0601. The molecule has 1 aromatic rings. The lowest BCUT2D eigenvalue weighted by atomic mass is 9.57. The van der Waals surface area contributed by atoms with Crippen LogP contribution < -0.4 is 0 Å². The summed E-state index contributed by atoms with van der Waals surface area (Å²) in [5, 5.41) is 10.2. The molecule has 4 rings (SSSR count). The molecule has 1 saturated carbocycles. The molecule has 1 N–H and O–H groups in total. The Hall–Kier alpha value is -0.820. The molecule has 1 aromatic carbocycles. The van der Waals surface area contributed by atoms with Gasteiger partial charge in [-0.25, -0.2) is 0 Å². The van der Waals surface area contributed by atoms with Gasteiger partial charge < -0.3 is 5.11 Å². The molecule has 1 heteroatoms. The summed E-state index contributed by atoms with van der Waals surface area (Å²) in [4.78, 5) is 0. The highest BCUT2D eigenvalue weighted by Gasteiger charge is 2.45. The van der Waals surface area contributed by atoms with Gasteiger partial charge in [0.2, 0.25) is 0 Å². The van der Waals surface area contributed by atoms with E-state index >= 15 is 0 Å². The molecule has 0 amide bonds. The zero-order valence-electron chi connectivity index (χ0n) is 18.1. The minimum Gasteiger partial charge on any atom is -0.393 e. The molecule has 0 bridgehead atoms. The van der Waals surface area contributed by atoms with Crippen LogP contribution >= 0.6 is 0 Å². The summed E-state index contributed by atoms with van der Waals surface area (Å²) < 4.78 is 0. The van der Waals surface area contributed by atoms with Crippen LogP contribution in [-0.2, 0) is 18.3 Å². The van der Waals surface area contributed by atoms with Crippen LogP contribution in [0, 0.1) is 17.8 Å². The van der Waals surface area contributed by atoms with Crippen LogP contribution in [0.5, 0.6) is 0 Å². The van der Waals surface area contributed by atoms with Crippen LogP contribution in [-0.4, -0.2) is 11.2 Å². The van der Waals surface area contributed by atoms with Crippen molar-refractivity contribution in [1.82, 2.24) is 0 Å². The third kappa shape index (κ3) is 3.50. The van der Waals surface area contributed by atoms with Gasteiger partial charge >= 0.3 is 0 Å². The van der Waals surface area contributed by atoms with Crippen molar-refractivity contribution >= 4 is 0 Å². The maximum Gasteiger partial charge on any atom is 0.0543 e. The summed E-state index contributed by atoms with van der Waals surface area (Å²) in [7, 11) is 0. The summed E-state index contributed by atoms with van der Waals surface area (Å²) in [6.45, 7) is 9.69. The Morgan fingerprint density at radius 2 is 1.81 bits per heavy atom. The predicted octanol–water partition coefficient (Wildman–Crippen LogP) is 6.54. The molecule has 3 aliphatic rings. The van der Waals surface area contributed by atoms with Crippen molar-refractivity contribution in [2.75, 3.05) is 0 Å². The molecule has 0 spiro atoms. The van der Waals surface area contributed by atoms with E-state index in [1.54, 1.807) is 22.3 Å². The maximum absolute atomic E-state index is 10.2. The first-order chi connectivity index (χ1) is 12.9. The second-order valence-electron chi connectivity index (χ2n) is 10.7. The Morgan fingerprint density at radius 1 is 1.04 bits per heavy atom. The molecule has 0 unspecified atom stereocenters. The van der Waals surface area contributed by atoms with E-state index in [1.807, 2.05) is 0 Å². The molecule has 0 radical (unpaired) electrons. The van der Waals surface area contributed by atoms with Crippen LogP contribution in [0.1, 0.15) is 107 Å². The lowest BCUT2D eigenvalue weighted by Crippen LogP contribution is -2.43. The quantitative estimate of drug-likeness (QED) is 0.625. The first-order valence-electron chi connectivity index (χ1n) is 11.7. The van der Waals surface area contributed by atoms with Crippen LogP contribution in [0.2, 0.25) is 0 Å². The zero-order chi connectivity index (χ0) is 19.2. The molecule has 0 heterocycles. The third-order valence-corrected chi connectivity index (χ3v) is 8.51. The Morgan fingerprint density at radius 3 is 2.59 bits per heavy atom. The lowest BCUT2D eigenvalue weighted by molar-refractivity contribution is 0.0483. The largest absolute Gasteiger partial charge is 0.393 e. The second-order valence-corrected chi connectivity index (χ2v) is 10.7. The zero-order valence-corrected chi connectivity index (χ0v) is 18.1. The third-order valence-electron chi connectivity index (χ3n) is 8.51. The topological polar surface area (TPSA) is 20.2 Å². The van der Waals surface area contributed by atoms with E-state index in [4.69, 9.17) is 0 Å². The number of aliphatic hydroxyl groups is 1. The van der Waals surface area contributed by atoms with Gasteiger partial charge in [0, 0.05) is 0 Å². The smallest absolute Gasteiger partial charge is 0.0543 e. The van der Waals surface area contributed by atoms with Gasteiger partial charge in [0.05, 0.1) is 6.10 Å². The van der Waals surface area contributed by atoms with E-state index in [-0.39, 0.29) is 6.10 Å². The molecule has 0 aliphatic heterocycles. The number of rotatable bonds is 5. The van der Waals surface area contributed by atoms with Crippen molar-refractivity contribution in [2.45, 2.75) is 109 Å². The molecule has 27 heavy (non-hydrogen) atoms. The lowest BCUT2D eigenvalue weighted by Gasteiger charge is -2.48. The fourth-order valence-electron chi connectivity index (χ4n) is 6.76. The van der Waals surface area contributed by atoms with E-state index in [0.29, 0.717) is 11.3 Å². The van der Waals surface area contributed by atoms with E-state index in [1.165, 1.54) is 51.4 Å². The summed E-state index contributed by atoms with van der Waals surface area (Å²) in [5.41, 5.74) is 7.11. The molecule has 150 valence electrons. The van der Waals surface area contributed by atoms with Gasteiger partial charge in [-0.15, -0.1) is 0 Å². The number of hydrogen-bond acceptors (Lipinski definition) is 1. The van der Waals surface area contributed by atoms with Crippen molar-refractivity contribution in [2.24, 2.45) is 17.8 Å². The van der Waals surface area contributed by atoms with Crippen LogP contribution in [0.3, 0.4) is 0 Å². The van der Waals surface area contributed by atoms with E-state index < -0.39 is 0 Å². The average molecular weight is 369 g/mol. The molecule has 3 aliphatic carbocycles. The van der Waals surface area contributed by atoms with Crippen LogP contribution in [0.15, 0.2) is 12.1 Å². The van der Waals surface area contributed by atoms with Crippen LogP contribution in [0.25, 0.3) is 0 Å². The highest BCUT2D eigenvalue weighted by atomic mass is 16.3. The van der Waals surface area contributed by atoms with Gasteiger partial charge in [0.1, 0.15) is 0 Å². The number of fused-ring (bicyclic) bond motifs is 5. The summed E-state index contributed by atoms with van der Waals surface area (Å²) in [5.74, 6) is 3.12. The average Bonchev–Trinajstić information content (AvgIpc) is 3.06. The normalized spacial score (nSPS) is 33.5. The fraction of sp³-hybridized carbons (Fsp3) is 0.769. The van der Waals surface area contributed by atoms with Gasteiger partial charge in [0.25, 0.3) is 0 Å². The van der Waals surface area contributed by atoms with E-state index in [2.05, 4.69) is 39.8 Å². The second kappa shape index (κ2) is 7.54. The summed E-state index contributed by atoms with van der Waals surface area (Å²) in [6.07, 6.45) is 12.5. The highest BCUT2D eigenvalue weighted by molar-refractivity contribution is 5.50. The standard InChI is InChI=1S/C26H40O/c1-17(2)6-5-7-18(3)21-10-11-23-22(21)12-13-25-24(23)9-8-19-16-20(27)14-15-26(19,25)4/h12-13,17-21,27H,5-11,14-16H2,1-4H3/t18-,19+,20+,21-,26+/m1/s1. The minimum absolute atomic E-state index is 0.0601. The summed E-state index contributed by atoms with van der Waals surface area (Å²) >= 11 is 0. The van der Waals surface area contributed by atoms with Gasteiger partial charge in [-0.05, 0) is 96.3 Å².